The fourth-order valence-corrected chi connectivity index (χ4v) is 2.69. The molecule has 5 heteroatoms. The van der Waals surface area contributed by atoms with Gasteiger partial charge in [0.15, 0.2) is 0 Å². The largest absolute Gasteiger partial charge is 0.496 e. The minimum atomic E-state index is -0.408. The molecule has 0 aliphatic rings. The molecule has 144 valence electrons. The van der Waals surface area contributed by atoms with Crippen molar-refractivity contribution in [2.75, 3.05) is 19.5 Å². The summed E-state index contributed by atoms with van der Waals surface area (Å²) in [6, 6.07) is 21.2. The van der Waals surface area contributed by atoms with Gasteiger partial charge in [0.1, 0.15) is 5.75 Å². The van der Waals surface area contributed by atoms with E-state index in [-0.39, 0.29) is 5.91 Å². The third kappa shape index (κ3) is 5.02. The van der Waals surface area contributed by atoms with Crippen molar-refractivity contribution in [3.8, 4) is 17.6 Å². The Morgan fingerprint density at radius 2 is 1.52 bits per heavy atom. The first kappa shape index (κ1) is 19.7. The lowest BCUT2D eigenvalue weighted by molar-refractivity contribution is 0.0600. The van der Waals surface area contributed by atoms with Gasteiger partial charge < -0.3 is 14.8 Å². The SMILES string of the molecule is COC(=O)c1cccc(C#Cc2cccc(NC(=O)c3ccccc3OC)c2)c1. The van der Waals surface area contributed by atoms with E-state index in [2.05, 4.69) is 17.2 Å². The van der Waals surface area contributed by atoms with Crippen LogP contribution in [0.4, 0.5) is 5.69 Å². The van der Waals surface area contributed by atoms with Crippen LogP contribution in [0.1, 0.15) is 31.8 Å². The highest BCUT2D eigenvalue weighted by atomic mass is 16.5. The maximum absolute atomic E-state index is 12.5. The molecule has 3 rings (SSSR count). The lowest BCUT2D eigenvalue weighted by Crippen LogP contribution is -2.13. The van der Waals surface area contributed by atoms with Gasteiger partial charge in [0.2, 0.25) is 0 Å². The van der Waals surface area contributed by atoms with Gasteiger partial charge in [-0.2, -0.15) is 0 Å². The first-order chi connectivity index (χ1) is 14.1. The third-order valence-electron chi connectivity index (χ3n) is 4.11. The average molecular weight is 385 g/mol. The Balaban J connectivity index is 1.78. The topological polar surface area (TPSA) is 64.6 Å². The van der Waals surface area contributed by atoms with Gasteiger partial charge in [-0.15, -0.1) is 0 Å². The second kappa shape index (κ2) is 9.25. The van der Waals surface area contributed by atoms with E-state index < -0.39 is 5.97 Å². The molecule has 0 fully saturated rings. The highest BCUT2D eigenvalue weighted by Crippen LogP contribution is 2.19. The van der Waals surface area contributed by atoms with Crippen LogP contribution in [0.25, 0.3) is 0 Å². The van der Waals surface area contributed by atoms with Crippen molar-refractivity contribution >= 4 is 17.6 Å². The fourth-order valence-electron chi connectivity index (χ4n) is 2.69. The number of carbonyl (C=O) groups is 2. The van der Waals surface area contributed by atoms with E-state index in [4.69, 9.17) is 9.47 Å². The van der Waals surface area contributed by atoms with Crippen molar-refractivity contribution in [2.45, 2.75) is 0 Å². The van der Waals surface area contributed by atoms with E-state index in [0.29, 0.717) is 28.1 Å². The number of hydrogen-bond donors (Lipinski definition) is 1. The molecule has 0 saturated carbocycles. The number of anilines is 1. The van der Waals surface area contributed by atoms with E-state index in [1.165, 1.54) is 14.2 Å². The maximum Gasteiger partial charge on any atom is 0.337 e. The molecule has 0 spiro atoms. The molecule has 0 atom stereocenters. The van der Waals surface area contributed by atoms with Crippen LogP contribution in [0.15, 0.2) is 72.8 Å². The summed E-state index contributed by atoms with van der Waals surface area (Å²) in [4.78, 5) is 24.2. The van der Waals surface area contributed by atoms with Crippen LogP contribution in [0.5, 0.6) is 5.75 Å². The van der Waals surface area contributed by atoms with E-state index in [1.807, 2.05) is 18.2 Å². The van der Waals surface area contributed by atoms with Gasteiger partial charge in [-0.05, 0) is 48.5 Å². The molecule has 29 heavy (non-hydrogen) atoms. The molecule has 0 saturated heterocycles. The molecule has 0 unspecified atom stereocenters. The first-order valence-corrected chi connectivity index (χ1v) is 8.85. The Labute approximate surface area is 169 Å². The number of rotatable bonds is 4. The van der Waals surface area contributed by atoms with Crippen LogP contribution < -0.4 is 10.1 Å². The molecule has 0 heterocycles. The molecular formula is C24H19NO4. The van der Waals surface area contributed by atoms with Crippen molar-refractivity contribution < 1.29 is 19.1 Å². The molecule has 0 aliphatic heterocycles. The first-order valence-electron chi connectivity index (χ1n) is 8.85. The second-order valence-electron chi connectivity index (χ2n) is 6.06. The molecule has 3 aromatic carbocycles. The monoisotopic (exact) mass is 385 g/mol. The van der Waals surface area contributed by atoms with E-state index in [9.17, 15) is 9.59 Å². The Bertz CT molecular complexity index is 1110. The van der Waals surface area contributed by atoms with Crippen molar-refractivity contribution in [1.82, 2.24) is 0 Å². The molecule has 0 bridgehead atoms. The lowest BCUT2D eigenvalue weighted by atomic mass is 10.1. The molecule has 1 amide bonds. The number of esters is 1. The number of carbonyl (C=O) groups excluding carboxylic acids is 2. The van der Waals surface area contributed by atoms with Gasteiger partial charge in [0.25, 0.3) is 5.91 Å². The van der Waals surface area contributed by atoms with Crippen LogP contribution in [0.3, 0.4) is 0 Å². The average Bonchev–Trinajstić information content (AvgIpc) is 2.77. The normalized spacial score (nSPS) is 9.72. The van der Waals surface area contributed by atoms with Crippen molar-refractivity contribution in [1.29, 1.82) is 0 Å². The number of benzene rings is 3. The summed E-state index contributed by atoms with van der Waals surface area (Å²) >= 11 is 0. The van der Waals surface area contributed by atoms with E-state index >= 15 is 0 Å². The molecule has 0 aliphatic carbocycles. The summed E-state index contributed by atoms with van der Waals surface area (Å²) in [5, 5.41) is 2.86. The maximum atomic E-state index is 12.5. The van der Waals surface area contributed by atoms with Crippen LogP contribution >= 0.6 is 0 Å². The van der Waals surface area contributed by atoms with E-state index in [0.717, 1.165) is 5.56 Å². The van der Waals surface area contributed by atoms with Crippen LogP contribution in [-0.4, -0.2) is 26.1 Å². The van der Waals surface area contributed by atoms with Crippen LogP contribution in [0, 0.1) is 11.8 Å². The minimum absolute atomic E-state index is 0.265. The number of methoxy groups -OCH3 is 2. The van der Waals surface area contributed by atoms with Gasteiger partial charge in [-0.1, -0.05) is 36.1 Å². The minimum Gasteiger partial charge on any atom is -0.496 e. The molecule has 5 nitrogen and oxygen atoms in total. The van der Waals surface area contributed by atoms with Gasteiger partial charge in [0.05, 0.1) is 25.3 Å². The second-order valence-corrected chi connectivity index (χ2v) is 6.06. The van der Waals surface area contributed by atoms with Gasteiger partial charge in [-0.25, -0.2) is 4.79 Å². The summed E-state index contributed by atoms with van der Waals surface area (Å²) in [5.74, 6) is 5.90. The van der Waals surface area contributed by atoms with Gasteiger partial charge >= 0.3 is 5.97 Å². The van der Waals surface area contributed by atoms with Crippen LogP contribution in [0.2, 0.25) is 0 Å². The van der Waals surface area contributed by atoms with Crippen LogP contribution in [-0.2, 0) is 4.74 Å². The molecule has 0 radical (unpaired) electrons. The molecule has 3 aromatic rings. The molecular weight excluding hydrogens is 366 g/mol. The standard InChI is InChI=1S/C24H19NO4/c1-28-22-12-4-3-11-21(22)23(26)25-20-10-6-8-18(16-20)14-13-17-7-5-9-19(15-17)24(27)29-2/h3-12,15-16H,1-2H3,(H,25,26). The summed E-state index contributed by atoms with van der Waals surface area (Å²) in [6.07, 6.45) is 0. The number of ether oxygens (including phenoxy) is 2. The highest BCUT2D eigenvalue weighted by molar-refractivity contribution is 6.06. The Morgan fingerprint density at radius 1 is 0.828 bits per heavy atom. The summed E-state index contributed by atoms with van der Waals surface area (Å²) < 4.78 is 9.96. The summed E-state index contributed by atoms with van der Waals surface area (Å²) in [6.45, 7) is 0. The summed E-state index contributed by atoms with van der Waals surface area (Å²) in [5.41, 5.74) is 2.93. The highest BCUT2D eigenvalue weighted by Gasteiger charge is 2.11. The van der Waals surface area contributed by atoms with Gasteiger partial charge in [0, 0.05) is 16.8 Å². The Hall–Kier alpha value is -4.04. The predicted molar refractivity (Wildman–Crippen MR) is 111 cm³/mol. The molecule has 0 aromatic heterocycles. The Kier molecular flexibility index (Phi) is 6.29. The number of nitrogens with one attached hydrogen (secondary N) is 1. The quantitative estimate of drug-likeness (QED) is 0.542. The van der Waals surface area contributed by atoms with Crippen molar-refractivity contribution in [3.63, 3.8) is 0 Å². The smallest absolute Gasteiger partial charge is 0.337 e. The zero-order chi connectivity index (χ0) is 20.6. The molecule has 1 N–H and O–H groups in total. The third-order valence-corrected chi connectivity index (χ3v) is 4.11. The van der Waals surface area contributed by atoms with Gasteiger partial charge in [-0.3, -0.25) is 4.79 Å². The summed E-state index contributed by atoms with van der Waals surface area (Å²) in [7, 11) is 2.86. The van der Waals surface area contributed by atoms with Crippen molar-refractivity contribution in [3.05, 3.63) is 95.1 Å². The fraction of sp³-hybridized carbons (Fsp3) is 0.0833. The zero-order valence-corrected chi connectivity index (χ0v) is 16.1. The van der Waals surface area contributed by atoms with Crippen molar-refractivity contribution in [2.24, 2.45) is 0 Å². The number of para-hydroxylation sites is 1. The number of hydrogen-bond acceptors (Lipinski definition) is 4. The predicted octanol–water partition coefficient (Wildman–Crippen LogP) is 4.13. The lowest BCUT2D eigenvalue weighted by Gasteiger charge is -2.09. The Morgan fingerprint density at radius 3 is 2.24 bits per heavy atom. The zero-order valence-electron chi connectivity index (χ0n) is 16.1. The number of amides is 1. The van der Waals surface area contributed by atoms with E-state index in [1.54, 1.807) is 54.6 Å².